The zero-order valence-electron chi connectivity index (χ0n) is 15.5. The number of aromatic nitrogens is 1. The Morgan fingerprint density at radius 1 is 1.07 bits per heavy atom. The van der Waals surface area contributed by atoms with Gasteiger partial charge >= 0.3 is 6.03 Å². The van der Waals surface area contributed by atoms with Gasteiger partial charge in [-0.1, -0.05) is 48.5 Å². The number of urea groups is 1. The highest BCUT2D eigenvalue weighted by atomic mass is 16.5. The SMILES string of the molecule is COc1cccc(CNC(=O)N(C)[C@@H](c2ccccc2)c2ccccn2)c1. The van der Waals surface area contributed by atoms with E-state index in [9.17, 15) is 4.79 Å². The number of carbonyl (C=O) groups is 1. The molecule has 1 aromatic heterocycles. The molecule has 0 bridgehead atoms. The Kier molecular flexibility index (Phi) is 6.05. The van der Waals surface area contributed by atoms with Crippen molar-refractivity contribution in [3.63, 3.8) is 0 Å². The highest BCUT2D eigenvalue weighted by Crippen LogP contribution is 2.26. The predicted octanol–water partition coefficient (Wildman–Crippen LogP) is 4.02. The van der Waals surface area contributed by atoms with Crippen LogP contribution in [0.25, 0.3) is 0 Å². The standard InChI is InChI=1S/C22H23N3O2/c1-25(22(26)24-16-17-9-8-12-19(15-17)27-2)21(18-10-4-3-5-11-18)20-13-6-7-14-23-20/h3-15,21H,16H2,1-2H3,(H,24,26)/t21-/m0/s1. The monoisotopic (exact) mass is 361 g/mol. The molecule has 0 aliphatic carbocycles. The number of amides is 2. The van der Waals surface area contributed by atoms with Crippen molar-refractivity contribution < 1.29 is 9.53 Å². The van der Waals surface area contributed by atoms with E-state index in [0.29, 0.717) is 6.54 Å². The van der Waals surface area contributed by atoms with E-state index in [-0.39, 0.29) is 12.1 Å². The number of pyridine rings is 1. The Hall–Kier alpha value is -3.34. The van der Waals surface area contributed by atoms with Crippen LogP contribution in [0.3, 0.4) is 0 Å². The lowest BCUT2D eigenvalue weighted by Crippen LogP contribution is -2.40. The van der Waals surface area contributed by atoms with E-state index in [1.165, 1.54) is 0 Å². The summed E-state index contributed by atoms with van der Waals surface area (Å²) in [5, 5.41) is 2.97. The van der Waals surface area contributed by atoms with Gasteiger partial charge in [0.2, 0.25) is 0 Å². The van der Waals surface area contributed by atoms with Gasteiger partial charge < -0.3 is 15.0 Å². The Morgan fingerprint density at radius 2 is 1.85 bits per heavy atom. The van der Waals surface area contributed by atoms with Gasteiger partial charge in [-0.05, 0) is 35.4 Å². The molecule has 3 aromatic rings. The average molecular weight is 361 g/mol. The van der Waals surface area contributed by atoms with E-state index < -0.39 is 0 Å². The molecule has 0 aliphatic rings. The molecule has 0 aliphatic heterocycles. The van der Waals surface area contributed by atoms with Crippen LogP contribution in [0.1, 0.15) is 22.9 Å². The third kappa shape index (κ3) is 4.64. The van der Waals surface area contributed by atoms with E-state index in [1.807, 2.05) is 72.8 Å². The molecule has 0 saturated heterocycles. The predicted molar refractivity (Wildman–Crippen MR) is 106 cm³/mol. The number of hydrogen-bond donors (Lipinski definition) is 1. The van der Waals surface area contributed by atoms with Crippen LogP contribution in [0.2, 0.25) is 0 Å². The fraction of sp³-hybridized carbons (Fsp3) is 0.182. The van der Waals surface area contributed by atoms with Gasteiger partial charge in [0.1, 0.15) is 11.8 Å². The van der Waals surface area contributed by atoms with Crippen LogP contribution < -0.4 is 10.1 Å². The van der Waals surface area contributed by atoms with Gasteiger partial charge in [0.25, 0.3) is 0 Å². The molecule has 1 N–H and O–H groups in total. The number of benzene rings is 2. The number of ether oxygens (including phenoxy) is 1. The van der Waals surface area contributed by atoms with Gasteiger partial charge in [0.05, 0.1) is 12.8 Å². The average Bonchev–Trinajstić information content (AvgIpc) is 2.74. The van der Waals surface area contributed by atoms with Crippen molar-refractivity contribution in [2.24, 2.45) is 0 Å². The lowest BCUT2D eigenvalue weighted by Gasteiger charge is -2.28. The lowest BCUT2D eigenvalue weighted by molar-refractivity contribution is 0.197. The van der Waals surface area contributed by atoms with E-state index in [0.717, 1.165) is 22.6 Å². The third-order valence-corrected chi connectivity index (χ3v) is 4.37. The van der Waals surface area contributed by atoms with Gasteiger partial charge in [-0.3, -0.25) is 4.98 Å². The first-order valence-electron chi connectivity index (χ1n) is 8.78. The summed E-state index contributed by atoms with van der Waals surface area (Å²) in [5.41, 5.74) is 2.81. The van der Waals surface area contributed by atoms with Crippen LogP contribution in [-0.2, 0) is 6.54 Å². The fourth-order valence-electron chi connectivity index (χ4n) is 2.97. The Labute approximate surface area is 159 Å². The zero-order chi connectivity index (χ0) is 19.1. The Balaban J connectivity index is 1.77. The largest absolute Gasteiger partial charge is 0.497 e. The van der Waals surface area contributed by atoms with Crippen molar-refractivity contribution >= 4 is 6.03 Å². The second kappa shape index (κ2) is 8.85. The number of nitrogens with one attached hydrogen (secondary N) is 1. The lowest BCUT2D eigenvalue weighted by atomic mass is 10.0. The van der Waals surface area contributed by atoms with Gasteiger partial charge in [-0.15, -0.1) is 0 Å². The van der Waals surface area contributed by atoms with Crippen molar-refractivity contribution in [2.45, 2.75) is 12.6 Å². The molecule has 0 spiro atoms. The van der Waals surface area contributed by atoms with Crippen molar-refractivity contribution in [3.8, 4) is 5.75 Å². The minimum Gasteiger partial charge on any atom is -0.497 e. The molecule has 1 heterocycles. The summed E-state index contributed by atoms with van der Waals surface area (Å²) in [7, 11) is 3.41. The summed E-state index contributed by atoms with van der Waals surface area (Å²) in [5.74, 6) is 0.769. The molecule has 2 amide bonds. The summed E-state index contributed by atoms with van der Waals surface area (Å²) in [4.78, 5) is 19.0. The minimum atomic E-state index is -0.266. The van der Waals surface area contributed by atoms with E-state index >= 15 is 0 Å². The molecule has 5 heteroatoms. The Morgan fingerprint density at radius 3 is 2.56 bits per heavy atom. The van der Waals surface area contributed by atoms with Crippen molar-refractivity contribution in [1.82, 2.24) is 15.2 Å². The number of rotatable bonds is 6. The van der Waals surface area contributed by atoms with Crippen LogP contribution in [0, 0.1) is 0 Å². The molecule has 0 radical (unpaired) electrons. The van der Waals surface area contributed by atoms with Crippen molar-refractivity contribution in [2.75, 3.05) is 14.2 Å². The molecular formula is C22H23N3O2. The molecule has 3 rings (SSSR count). The van der Waals surface area contributed by atoms with Gasteiger partial charge in [0.15, 0.2) is 0 Å². The molecule has 0 saturated carbocycles. The summed E-state index contributed by atoms with van der Waals surface area (Å²) in [6.45, 7) is 0.421. The molecule has 138 valence electrons. The van der Waals surface area contributed by atoms with E-state index in [1.54, 1.807) is 25.3 Å². The second-order valence-electron chi connectivity index (χ2n) is 6.19. The van der Waals surface area contributed by atoms with Gasteiger partial charge in [0, 0.05) is 19.8 Å². The summed E-state index contributed by atoms with van der Waals surface area (Å²) >= 11 is 0. The van der Waals surface area contributed by atoms with Crippen LogP contribution >= 0.6 is 0 Å². The van der Waals surface area contributed by atoms with Crippen molar-refractivity contribution in [3.05, 3.63) is 95.8 Å². The second-order valence-corrected chi connectivity index (χ2v) is 6.19. The van der Waals surface area contributed by atoms with Gasteiger partial charge in [-0.25, -0.2) is 4.79 Å². The van der Waals surface area contributed by atoms with Crippen molar-refractivity contribution in [1.29, 1.82) is 0 Å². The first kappa shape index (κ1) is 18.5. The quantitative estimate of drug-likeness (QED) is 0.721. The molecule has 1 atom stereocenters. The van der Waals surface area contributed by atoms with Crippen LogP contribution in [0.4, 0.5) is 4.79 Å². The fourth-order valence-corrected chi connectivity index (χ4v) is 2.97. The van der Waals surface area contributed by atoms with Crippen LogP contribution in [0.5, 0.6) is 5.75 Å². The highest BCUT2D eigenvalue weighted by molar-refractivity contribution is 5.75. The molecule has 2 aromatic carbocycles. The van der Waals surface area contributed by atoms with Crippen LogP contribution in [-0.4, -0.2) is 30.1 Å². The number of carbonyl (C=O) groups excluding carboxylic acids is 1. The molecule has 0 unspecified atom stereocenters. The number of nitrogens with zero attached hydrogens (tertiary/aromatic N) is 2. The smallest absolute Gasteiger partial charge is 0.318 e. The van der Waals surface area contributed by atoms with Gasteiger partial charge in [-0.2, -0.15) is 0 Å². The normalized spacial score (nSPS) is 11.5. The maximum atomic E-state index is 12.8. The van der Waals surface area contributed by atoms with E-state index in [4.69, 9.17) is 4.74 Å². The molecule has 27 heavy (non-hydrogen) atoms. The summed E-state index contributed by atoms with van der Waals surface area (Å²) in [6, 6.07) is 22.9. The number of hydrogen-bond acceptors (Lipinski definition) is 3. The summed E-state index contributed by atoms with van der Waals surface area (Å²) < 4.78 is 5.23. The number of methoxy groups -OCH3 is 1. The zero-order valence-corrected chi connectivity index (χ0v) is 15.5. The first-order chi connectivity index (χ1) is 13.2. The van der Waals surface area contributed by atoms with E-state index in [2.05, 4.69) is 10.3 Å². The van der Waals surface area contributed by atoms with Crippen LogP contribution in [0.15, 0.2) is 79.0 Å². The highest BCUT2D eigenvalue weighted by Gasteiger charge is 2.24. The molecular weight excluding hydrogens is 338 g/mol. The third-order valence-electron chi connectivity index (χ3n) is 4.37. The molecule has 0 fully saturated rings. The first-order valence-corrected chi connectivity index (χ1v) is 8.78. The molecule has 5 nitrogen and oxygen atoms in total. The maximum Gasteiger partial charge on any atom is 0.318 e. The minimum absolute atomic E-state index is 0.169. The summed E-state index contributed by atoms with van der Waals surface area (Å²) in [6.07, 6.45) is 1.74. The Bertz CT molecular complexity index is 829. The maximum absolute atomic E-state index is 12.8. The topological polar surface area (TPSA) is 54.5 Å².